The molecule has 1 aliphatic carbocycles. The fraction of sp³-hybridized carbons (Fsp3) is 0.333. The molecule has 0 spiro atoms. The average Bonchev–Trinajstić information content (AvgIpc) is 3.20. The summed E-state index contributed by atoms with van der Waals surface area (Å²) < 4.78 is 33.1. The summed E-state index contributed by atoms with van der Waals surface area (Å²) in [6.45, 7) is 0. The number of aromatic nitrogens is 2. The fourth-order valence-corrected chi connectivity index (χ4v) is 3.62. The molecule has 2 atom stereocenters. The largest absolute Gasteiger partial charge is 0.496 e. The summed E-state index contributed by atoms with van der Waals surface area (Å²) in [5.41, 5.74) is 0.925. The van der Waals surface area contributed by atoms with Gasteiger partial charge < -0.3 is 4.74 Å². The maximum absolute atomic E-state index is 12.2. The molecule has 122 valence electrons. The van der Waals surface area contributed by atoms with Crippen molar-refractivity contribution in [3.05, 3.63) is 42.2 Å². The lowest BCUT2D eigenvalue weighted by atomic mass is 10.1. The molecule has 1 N–H and O–H groups in total. The van der Waals surface area contributed by atoms with Crippen LogP contribution in [0.3, 0.4) is 0 Å². The summed E-state index contributed by atoms with van der Waals surface area (Å²) in [7, 11) is -0.696. The fourth-order valence-electron chi connectivity index (χ4n) is 2.61. The summed E-state index contributed by atoms with van der Waals surface area (Å²) in [6, 6.07) is 7.45. The Morgan fingerprint density at radius 2 is 2.13 bits per heavy atom. The molecule has 1 saturated carbocycles. The third kappa shape index (κ3) is 3.07. The molecule has 0 saturated heterocycles. The zero-order valence-electron chi connectivity index (χ0n) is 12.8. The molecule has 1 aliphatic rings. The zero-order chi connectivity index (χ0) is 16.6. The average molecular weight is 335 g/mol. The van der Waals surface area contributed by atoms with Crippen molar-refractivity contribution < 1.29 is 17.9 Å². The lowest BCUT2D eigenvalue weighted by Gasteiger charge is -2.08. The minimum Gasteiger partial charge on any atom is -0.496 e. The van der Waals surface area contributed by atoms with Crippen molar-refractivity contribution in [2.45, 2.75) is 17.2 Å². The van der Waals surface area contributed by atoms with E-state index in [2.05, 4.69) is 9.82 Å². The number of aryl methyl sites for hydroxylation is 1. The molecule has 1 fully saturated rings. The van der Waals surface area contributed by atoms with Crippen LogP contribution >= 0.6 is 0 Å². The van der Waals surface area contributed by atoms with Gasteiger partial charge in [-0.1, -0.05) is 18.2 Å². The number of para-hydroxylation sites is 1. The highest BCUT2D eigenvalue weighted by molar-refractivity contribution is 7.90. The Hall–Kier alpha value is -2.35. The van der Waals surface area contributed by atoms with E-state index in [1.807, 2.05) is 24.3 Å². The van der Waals surface area contributed by atoms with Crippen molar-refractivity contribution in [3.63, 3.8) is 0 Å². The Morgan fingerprint density at radius 1 is 1.39 bits per heavy atom. The van der Waals surface area contributed by atoms with E-state index >= 15 is 0 Å². The lowest BCUT2D eigenvalue weighted by Crippen LogP contribution is -2.32. The maximum atomic E-state index is 12.2. The van der Waals surface area contributed by atoms with Crippen LogP contribution in [0.2, 0.25) is 0 Å². The Kier molecular flexibility index (Phi) is 3.85. The van der Waals surface area contributed by atoms with E-state index in [0.717, 1.165) is 5.56 Å². The standard InChI is InChI=1S/C15H17N3O4S/c1-18-9-10(8-16-18)23(20,21)17-15(19)13-7-12(13)11-5-3-4-6-14(11)22-2/h3-6,8-9,12-13H,7H2,1-2H3,(H,17,19)/t12-,13+/m0/s1. The number of ether oxygens (including phenoxy) is 1. The van der Waals surface area contributed by atoms with Crippen LogP contribution in [0.1, 0.15) is 17.9 Å². The molecule has 1 heterocycles. The molecule has 0 bridgehead atoms. The highest BCUT2D eigenvalue weighted by Gasteiger charge is 2.46. The van der Waals surface area contributed by atoms with E-state index in [1.54, 1.807) is 14.2 Å². The number of amides is 1. The van der Waals surface area contributed by atoms with Crippen molar-refractivity contribution in [1.82, 2.24) is 14.5 Å². The van der Waals surface area contributed by atoms with Gasteiger partial charge in [-0.05, 0) is 24.0 Å². The van der Waals surface area contributed by atoms with Crippen molar-refractivity contribution in [2.75, 3.05) is 7.11 Å². The van der Waals surface area contributed by atoms with Gasteiger partial charge in [-0.2, -0.15) is 5.10 Å². The van der Waals surface area contributed by atoms with E-state index in [4.69, 9.17) is 4.74 Å². The van der Waals surface area contributed by atoms with Crippen LogP contribution in [0.15, 0.2) is 41.6 Å². The van der Waals surface area contributed by atoms with Crippen LogP contribution in [0.25, 0.3) is 0 Å². The molecule has 3 rings (SSSR count). The van der Waals surface area contributed by atoms with Gasteiger partial charge >= 0.3 is 0 Å². The first kappa shape index (κ1) is 15.5. The van der Waals surface area contributed by atoms with Crippen LogP contribution in [-0.2, 0) is 21.9 Å². The van der Waals surface area contributed by atoms with Crippen molar-refractivity contribution >= 4 is 15.9 Å². The predicted octanol–water partition coefficient (Wildman–Crippen LogP) is 1.04. The second kappa shape index (κ2) is 5.69. The third-order valence-electron chi connectivity index (χ3n) is 3.89. The van der Waals surface area contributed by atoms with E-state index in [1.165, 1.54) is 17.1 Å². The van der Waals surface area contributed by atoms with Gasteiger partial charge in [-0.25, -0.2) is 13.1 Å². The third-order valence-corrected chi connectivity index (χ3v) is 5.19. The molecule has 2 aromatic rings. The van der Waals surface area contributed by atoms with Crippen LogP contribution in [0.5, 0.6) is 5.75 Å². The SMILES string of the molecule is COc1ccccc1[C@@H]1C[C@H]1C(=O)NS(=O)(=O)c1cnn(C)c1. The normalized spacial score (nSPS) is 20.1. The van der Waals surface area contributed by atoms with E-state index in [9.17, 15) is 13.2 Å². The van der Waals surface area contributed by atoms with E-state index in [-0.39, 0.29) is 16.7 Å². The maximum Gasteiger partial charge on any atom is 0.267 e. The summed E-state index contributed by atoms with van der Waals surface area (Å²) in [5.74, 6) is -0.166. The van der Waals surface area contributed by atoms with Crippen LogP contribution in [-0.4, -0.2) is 31.2 Å². The first-order valence-corrected chi connectivity index (χ1v) is 8.59. The minimum absolute atomic E-state index is 0.0183. The van der Waals surface area contributed by atoms with Gasteiger partial charge in [-0.15, -0.1) is 0 Å². The molecule has 0 radical (unpaired) electrons. The minimum atomic E-state index is -3.88. The number of hydrogen-bond donors (Lipinski definition) is 1. The van der Waals surface area contributed by atoms with Crippen LogP contribution < -0.4 is 9.46 Å². The number of methoxy groups -OCH3 is 1. The summed E-state index contributed by atoms with van der Waals surface area (Å²) in [6.07, 6.45) is 3.16. The van der Waals surface area contributed by atoms with Crippen molar-refractivity contribution in [1.29, 1.82) is 0 Å². The number of carbonyl (C=O) groups is 1. The molecule has 23 heavy (non-hydrogen) atoms. The highest BCUT2D eigenvalue weighted by Crippen LogP contribution is 2.50. The van der Waals surface area contributed by atoms with E-state index in [0.29, 0.717) is 12.2 Å². The lowest BCUT2D eigenvalue weighted by molar-refractivity contribution is -0.120. The molecule has 8 heteroatoms. The Labute approximate surface area is 134 Å². The Bertz CT molecular complexity index is 844. The van der Waals surface area contributed by atoms with Gasteiger partial charge in [0.2, 0.25) is 5.91 Å². The van der Waals surface area contributed by atoms with Crippen molar-refractivity contribution in [2.24, 2.45) is 13.0 Å². The summed E-state index contributed by atoms with van der Waals surface area (Å²) >= 11 is 0. The van der Waals surface area contributed by atoms with Gasteiger partial charge in [0, 0.05) is 19.2 Å². The van der Waals surface area contributed by atoms with Crippen molar-refractivity contribution in [3.8, 4) is 5.75 Å². The van der Waals surface area contributed by atoms with Crippen LogP contribution in [0.4, 0.5) is 0 Å². The quantitative estimate of drug-likeness (QED) is 0.881. The Morgan fingerprint density at radius 3 is 2.78 bits per heavy atom. The summed E-state index contributed by atoms with van der Waals surface area (Å²) in [5, 5.41) is 3.81. The molecule has 0 unspecified atom stereocenters. The van der Waals surface area contributed by atoms with Gasteiger partial charge in [0.15, 0.2) is 0 Å². The number of benzene rings is 1. The van der Waals surface area contributed by atoms with Gasteiger partial charge in [0.1, 0.15) is 10.6 Å². The first-order valence-electron chi connectivity index (χ1n) is 7.10. The topological polar surface area (TPSA) is 90.3 Å². The molecule has 7 nitrogen and oxygen atoms in total. The number of nitrogens with zero attached hydrogens (tertiary/aromatic N) is 2. The number of nitrogens with one attached hydrogen (secondary N) is 1. The first-order chi connectivity index (χ1) is 10.9. The second-order valence-electron chi connectivity index (χ2n) is 5.51. The number of carbonyl (C=O) groups excluding carboxylic acids is 1. The highest BCUT2D eigenvalue weighted by atomic mass is 32.2. The van der Waals surface area contributed by atoms with Gasteiger partial charge in [-0.3, -0.25) is 9.48 Å². The molecule has 0 aliphatic heterocycles. The number of hydrogen-bond acceptors (Lipinski definition) is 5. The zero-order valence-corrected chi connectivity index (χ0v) is 13.6. The Balaban J connectivity index is 1.71. The molecule has 1 amide bonds. The summed E-state index contributed by atoms with van der Waals surface area (Å²) in [4.78, 5) is 12.2. The number of rotatable bonds is 5. The van der Waals surface area contributed by atoms with Crippen LogP contribution in [0, 0.1) is 5.92 Å². The predicted molar refractivity (Wildman–Crippen MR) is 82.4 cm³/mol. The second-order valence-corrected chi connectivity index (χ2v) is 7.19. The molecular weight excluding hydrogens is 318 g/mol. The smallest absolute Gasteiger partial charge is 0.267 e. The number of sulfonamides is 1. The molecular formula is C15H17N3O4S. The van der Waals surface area contributed by atoms with Gasteiger partial charge in [0.25, 0.3) is 10.0 Å². The van der Waals surface area contributed by atoms with E-state index < -0.39 is 15.9 Å². The van der Waals surface area contributed by atoms with Gasteiger partial charge in [0.05, 0.1) is 13.3 Å². The monoisotopic (exact) mass is 335 g/mol. The molecule has 1 aromatic carbocycles. The molecule has 1 aromatic heterocycles.